The van der Waals surface area contributed by atoms with Gasteiger partial charge in [0.05, 0.1) is 5.56 Å². The first-order chi connectivity index (χ1) is 9.38. The first-order valence-corrected chi connectivity index (χ1v) is 6.47. The number of pyridine rings is 1. The van der Waals surface area contributed by atoms with Gasteiger partial charge >= 0.3 is 5.97 Å². The van der Waals surface area contributed by atoms with E-state index in [-0.39, 0.29) is 16.5 Å². The van der Waals surface area contributed by atoms with Gasteiger partial charge < -0.3 is 9.84 Å². The van der Waals surface area contributed by atoms with Crippen molar-refractivity contribution in [3.63, 3.8) is 0 Å². The Hall–Kier alpha value is -1.78. The third-order valence-electron chi connectivity index (χ3n) is 2.68. The van der Waals surface area contributed by atoms with Crippen molar-refractivity contribution < 1.29 is 14.6 Å². The summed E-state index contributed by atoms with van der Waals surface area (Å²) in [5.41, 5.74) is 1.69. The quantitative estimate of drug-likeness (QED) is 0.906. The van der Waals surface area contributed by atoms with Crippen molar-refractivity contribution >= 4 is 29.2 Å². The van der Waals surface area contributed by atoms with E-state index in [0.29, 0.717) is 10.8 Å². The number of carbonyl (C=O) groups is 1. The van der Waals surface area contributed by atoms with Gasteiger partial charge in [-0.05, 0) is 43.2 Å². The van der Waals surface area contributed by atoms with E-state index in [1.807, 2.05) is 13.8 Å². The zero-order chi connectivity index (χ0) is 14.9. The lowest BCUT2D eigenvalue weighted by atomic mass is 10.1. The van der Waals surface area contributed by atoms with E-state index in [0.717, 1.165) is 11.1 Å². The van der Waals surface area contributed by atoms with Crippen LogP contribution in [0.15, 0.2) is 24.4 Å². The smallest absolute Gasteiger partial charge is 0.337 e. The van der Waals surface area contributed by atoms with Crippen molar-refractivity contribution in [1.82, 2.24) is 4.98 Å². The van der Waals surface area contributed by atoms with Crippen LogP contribution in [-0.4, -0.2) is 16.1 Å². The van der Waals surface area contributed by atoms with E-state index >= 15 is 0 Å². The molecule has 0 aliphatic rings. The fourth-order valence-corrected chi connectivity index (χ4v) is 2.30. The van der Waals surface area contributed by atoms with Crippen molar-refractivity contribution in [3.05, 3.63) is 51.1 Å². The van der Waals surface area contributed by atoms with E-state index in [4.69, 9.17) is 33.0 Å². The number of aromatic carboxylic acids is 1. The molecule has 1 aromatic carbocycles. The molecule has 0 amide bonds. The van der Waals surface area contributed by atoms with Crippen LogP contribution in [0.2, 0.25) is 10.0 Å². The topological polar surface area (TPSA) is 59.4 Å². The van der Waals surface area contributed by atoms with Crippen LogP contribution in [0.25, 0.3) is 0 Å². The highest BCUT2D eigenvalue weighted by atomic mass is 35.5. The van der Waals surface area contributed by atoms with Crippen LogP contribution >= 0.6 is 23.2 Å². The Morgan fingerprint density at radius 1 is 1.20 bits per heavy atom. The zero-order valence-corrected chi connectivity index (χ0v) is 12.3. The van der Waals surface area contributed by atoms with Gasteiger partial charge in [-0.2, -0.15) is 0 Å². The zero-order valence-electron chi connectivity index (χ0n) is 10.8. The number of nitrogens with zero attached hydrogens (tertiary/aromatic N) is 1. The lowest BCUT2D eigenvalue weighted by Crippen LogP contribution is -1.99. The van der Waals surface area contributed by atoms with Crippen LogP contribution in [0.3, 0.4) is 0 Å². The molecule has 0 saturated carbocycles. The molecular weight excluding hydrogens is 301 g/mol. The molecule has 0 aliphatic carbocycles. The summed E-state index contributed by atoms with van der Waals surface area (Å²) >= 11 is 11.9. The molecule has 0 fully saturated rings. The van der Waals surface area contributed by atoms with Crippen molar-refractivity contribution in [1.29, 1.82) is 0 Å². The Morgan fingerprint density at radius 3 is 2.30 bits per heavy atom. The number of halogens is 2. The predicted octanol–water partition coefficient (Wildman–Crippen LogP) is 4.50. The summed E-state index contributed by atoms with van der Waals surface area (Å²) < 4.78 is 5.67. The average molecular weight is 312 g/mol. The van der Waals surface area contributed by atoms with Gasteiger partial charge in [-0.1, -0.05) is 23.2 Å². The first-order valence-electron chi connectivity index (χ1n) is 5.72. The van der Waals surface area contributed by atoms with Gasteiger partial charge in [-0.3, -0.25) is 0 Å². The van der Waals surface area contributed by atoms with Crippen molar-refractivity contribution in [2.45, 2.75) is 13.8 Å². The van der Waals surface area contributed by atoms with E-state index < -0.39 is 5.97 Å². The fraction of sp³-hybridized carbons (Fsp3) is 0.143. The number of carboxylic acids is 1. The number of aromatic nitrogens is 1. The Bertz CT molecular complexity index is 663. The maximum atomic E-state index is 10.8. The molecule has 2 aromatic rings. The summed E-state index contributed by atoms with van der Waals surface area (Å²) in [5, 5.41) is 9.61. The Labute approximate surface area is 125 Å². The van der Waals surface area contributed by atoms with Crippen LogP contribution < -0.4 is 4.74 Å². The number of hydrogen-bond donors (Lipinski definition) is 1. The van der Waals surface area contributed by atoms with Crippen LogP contribution in [0, 0.1) is 13.8 Å². The highest BCUT2D eigenvalue weighted by Gasteiger charge is 2.13. The monoisotopic (exact) mass is 311 g/mol. The number of carboxylic acid groups (broad SMARTS) is 1. The number of hydrogen-bond acceptors (Lipinski definition) is 3. The van der Waals surface area contributed by atoms with Gasteiger partial charge in [0.15, 0.2) is 0 Å². The minimum Gasteiger partial charge on any atom is -0.478 e. The fourth-order valence-electron chi connectivity index (χ4n) is 1.77. The van der Waals surface area contributed by atoms with E-state index in [9.17, 15) is 4.79 Å². The number of rotatable bonds is 3. The molecule has 0 unspecified atom stereocenters. The standard InChI is InChI=1S/C14H11Cl2NO3/c1-7-3-10(15)4-8(2)12(7)20-13-11(16)5-9(6-17-13)14(18)19/h3-6H,1-2H3,(H,18,19). The second-order valence-corrected chi connectivity index (χ2v) is 5.13. The molecule has 20 heavy (non-hydrogen) atoms. The van der Waals surface area contributed by atoms with Crippen LogP contribution in [0.4, 0.5) is 0 Å². The molecule has 0 atom stereocenters. The summed E-state index contributed by atoms with van der Waals surface area (Å²) in [4.78, 5) is 14.7. The Kier molecular flexibility index (Phi) is 4.16. The number of benzene rings is 1. The van der Waals surface area contributed by atoms with E-state index in [1.165, 1.54) is 12.3 Å². The largest absolute Gasteiger partial charge is 0.478 e. The second kappa shape index (κ2) is 5.69. The highest BCUT2D eigenvalue weighted by molar-refractivity contribution is 6.32. The minimum absolute atomic E-state index is 0.00639. The van der Waals surface area contributed by atoms with Crippen molar-refractivity contribution in [2.24, 2.45) is 0 Å². The summed E-state index contributed by atoms with van der Waals surface area (Å²) in [5.74, 6) is -0.332. The average Bonchev–Trinajstić information content (AvgIpc) is 2.34. The second-order valence-electron chi connectivity index (χ2n) is 4.29. The van der Waals surface area contributed by atoms with Gasteiger partial charge in [0.2, 0.25) is 5.88 Å². The van der Waals surface area contributed by atoms with Gasteiger partial charge in [-0.15, -0.1) is 0 Å². The molecule has 1 N–H and O–H groups in total. The Morgan fingerprint density at radius 2 is 1.80 bits per heavy atom. The number of aryl methyl sites for hydroxylation is 2. The SMILES string of the molecule is Cc1cc(Cl)cc(C)c1Oc1ncc(C(=O)O)cc1Cl. The molecule has 6 heteroatoms. The molecule has 0 radical (unpaired) electrons. The van der Waals surface area contributed by atoms with E-state index in [2.05, 4.69) is 4.98 Å². The molecular formula is C14H11Cl2NO3. The lowest BCUT2D eigenvalue weighted by Gasteiger charge is -2.12. The highest BCUT2D eigenvalue weighted by Crippen LogP contribution is 2.33. The molecule has 0 aliphatic heterocycles. The summed E-state index contributed by atoms with van der Waals surface area (Å²) in [7, 11) is 0. The minimum atomic E-state index is -1.09. The van der Waals surface area contributed by atoms with Crippen LogP contribution in [-0.2, 0) is 0 Å². The Balaban J connectivity index is 2.38. The lowest BCUT2D eigenvalue weighted by molar-refractivity contribution is 0.0696. The van der Waals surface area contributed by atoms with E-state index in [1.54, 1.807) is 12.1 Å². The third-order valence-corrected chi connectivity index (χ3v) is 3.17. The van der Waals surface area contributed by atoms with Gasteiger partial charge in [0.1, 0.15) is 10.8 Å². The third kappa shape index (κ3) is 3.03. The molecule has 104 valence electrons. The van der Waals surface area contributed by atoms with Crippen LogP contribution in [0.1, 0.15) is 21.5 Å². The van der Waals surface area contributed by atoms with Gasteiger partial charge in [0, 0.05) is 11.2 Å². The summed E-state index contributed by atoms with van der Waals surface area (Å²) in [6, 6.07) is 4.83. The van der Waals surface area contributed by atoms with Crippen LogP contribution in [0.5, 0.6) is 11.6 Å². The number of ether oxygens (including phenoxy) is 1. The van der Waals surface area contributed by atoms with Crippen molar-refractivity contribution in [3.8, 4) is 11.6 Å². The molecule has 1 aromatic heterocycles. The maximum Gasteiger partial charge on any atom is 0.337 e. The molecule has 4 nitrogen and oxygen atoms in total. The summed E-state index contributed by atoms with van der Waals surface area (Å²) in [6.45, 7) is 3.71. The molecule has 0 bridgehead atoms. The predicted molar refractivity (Wildman–Crippen MR) is 77.2 cm³/mol. The molecule has 1 heterocycles. The molecule has 0 spiro atoms. The van der Waals surface area contributed by atoms with Crippen molar-refractivity contribution in [2.75, 3.05) is 0 Å². The summed E-state index contributed by atoms with van der Waals surface area (Å²) in [6.07, 6.45) is 1.20. The normalized spacial score (nSPS) is 10.4. The first kappa shape index (κ1) is 14.6. The molecule has 2 rings (SSSR count). The van der Waals surface area contributed by atoms with Gasteiger partial charge in [-0.25, -0.2) is 9.78 Å². The van der Waals surface area contributed by atoms with Gasteiger partial charge in [0.25, 0.3) is 0 Å². The maximum absolute atomic E-state index is 10.8. The molecule has 0 saturated heterocycles.